The molecule has 0 spiro atoms. The van der Waals surface area contributed by atoms with Crippen LogP contribution >= 0.6 is 23.1 Å². The summed E-state index contributed by atoms with van der Waals surface area (Å²) in [4.78, 5) is 16.6. The van der Waals surface area contributed by atoms with E-state index >= 15 is 0 Å². The molecule has 110 valence electrons. The van der Waals surface area contributed by atoms with Crippen LogP contribution in [0.4, 0.5) is 0 Å². The third-order valence-electron chi connectivity index (χ3n) is 3.52. The molecular weight excluding hydrogens is 302 g/mol. The van der Waals surface area contributed by atoms with Gasteiger partial charge in [-0.25, -0.2) is 0 Å². The number of amides is 1. The lowest BCUT2D eigenvalue weighted by Gasteiger charge is -2.17. The maximum absolute atomic E-state index is 12.6. The lowest BCUT2D eigenvalue weighted by molar-refractivity contribution is 0.0761. The molecule has 2 heterocycles. The molecular formula is C16H17NO2S2. The summed E-state index contributed by atoms with van der Waals surface area (Å²) in [5.41, 5.74) is 0.744. The standard InChI is InChI=1S/C16H17NO2S2/c18-12-7-8-17(10-12)16(19)14-5-1-2-6-15(14)21-11-13-4-3-9-20-13/h1-6,9,12,18H,7-8,10-11H2/t12-/m1/s1. The Morgan fingerprint density at radius 1 is 1.33 bits per heavy atom. The molecule has 1 atom stereocenters. The van der Waals surface area contributed by atoms with Crippen LogP contribution < -0.4 is 0 Å². The van der Waals surface area contributed by atoms with E-state index in [0.29, 0.717) is 19.5 Å². The summed E-state index contributed by atoms with van der Waals surface area (Å²) in [5.74, 6) is 0.908. The first-order valence-electron chi connectivity index (χ1n) is 6.95. The van der Waals surface area contributed by atoms with E-state index in [1.807, 2.05) is 30.3 Å². The van der Waals surface area contributed by atoms with E-state index in [4.69, 9.17) is 0 Å². The Bertz CT molecular complexity index is 612. The van der Waals surface area contributed by atoms with E-state index in [1.54, 1.807) is 28.0 Å². The zero-order valence-corrected chi connectivity index (χ0v) is 13.2. The second kappa shape index (κ2) is 6.64. The van der Waals surface area contributed by atoms with Crippen LogP contribution in [0.15, 0.2) is 46.7 Å². The van der Waals surface area contributed by atoms with Crippen LogP contribution in [0.3, 0.4) is 0 Å². The van der Waals surface area contributed by atoms with Crippen LogP contribution in [0.1, 0.15) is 21.7 Å². The minimum Gasteiger partial charge on any atom is -0.391 e. The molecule has 0 radical (unpaired) electrons. The first-order chi connectivity index (χ1) is 10.2. The number of thiophene rings is 1. The van der Waals surface area contributed by atoms with Crippen molar-refractivity contribution in [3.8, 4) is 0 Å². The highest BCUT2D eigenvalue weighted by molar-refractivity contribution is 7.98. The van der Waals surface area contributed by atoms with E-state index < -0.39 is 0 Å². The summed E-state index contributed by atoms with van der Waals surface area (Å²) in [5, 5.41) is 11.7. The molecule has 0 saturated carbocycles. The highest BCUT2D eigenvalue weighted by Gasteiger charge is 2.26. The third-order valence-corrected chi connectivity index (χ3v) is 5.70. The van der Waals surface area contributed by atoms with Crippen molar-refractivity contribution < 1.29 is 9.90 Å². The van der Waals surface area contributed by atoms with Crippen molar-refractivity contribution in [3.05, 3.63) is 52.2 Å². The highest BCUT2D eigenvalue weighted by Crippen LogP contribution is 2.29. The number of likely N-dealkylation sites (tertiary alicyclic amines) is 1. The number of carbonyl (C=O) groups excluding carboxylic acids is 1. The van der Waals surface area contributed by atoms with Gasteiger partial charge in [-0.1, -0.05) is 18.2 Å². The van der Waals surface area contributed by atoms with Crippen LogP contribution in [-0.4, -0.2) is 35.1 Å². The summed E-state index contributed by atoms with van der Waals surface area (Å²) in [6.07, 6.45) is 0.302. The van der Waals surface area contributed by atoms with Gasteiger partial charge in [-0.3, -0.25) is 4.79 Å². The predicted molar refractivity (Wildman–Crippen MR) is 86.8 cm³/mol. The summed E-state index contributed by atoms with van der Waals surface area (Å²) in [6.45, 7) is 1.09. The van der Waals surface area contributed by atoms with Crippen LogP contribution in [-0.2, 0) is 5.75 Å². The number of hydrogen-bond acceptors (Lipinski definition) is 4. The topological polar surface area (TPSA) is 40.5 Å². The smallest absolute Gasteiger partial charge is 0.255 e. The maximum Gasteiger partial charge on any atom is 0.255 e. The minimum atomic E-state index is -0.375. The lowest BCUT2D eigenvalue weighted by Crippen LogP contribution is -2.29. The third kappa shape index (κ3) is 3.48. The zero-order valence-electron chi connectivity index (χ0n) is 11.6. The minimum absolute atomic E-state index is 0.0285. The van der Waals surface area contributed by atoms with Gasteiger partial charge in [0.1, 0.15) is 0 Å². The summed E-state index contributed by atoms with van der Waals surface area (Å²) in [7, 11) is 0. The maximum atomic E-state index is 12.6. The quantitative estimate of drug-likeness (QED) is 0.880. The molecule has 21 heavy (non-hydrogen) atoms. The Morgan fingerprint density at radius 3 is 2.90 bits per heavy atom. The molecule has 3 rings (SSSR count). The number of benzene rings is 1. The van der Waals surface area contributed by atoms with Gasteiger partial charge in [-0.15, -0.1) is 23.1 Å². The van der Waals surface area contributed by atoms with E-state index in [0.717, 1.165) is 16.2 Å². The van der Waals surface area contributed by atoms with Gasteiger partial charge in [0, 0.05) is 28.6 Å². The number of nitrogens with zero attached hydrogens (tertiary/aromatic N) is 1. The average Bonchev–Trinajstić information content (AvgIpc) is 3.16. The monoisotopic (exact) mass is 319 g/mol. The SMILES string of the molecule is O=C(c1ccccc1SCc1cccs1)N1CC[C@@H](O)C1. The fraction of sp³-hybridized carbons (Fsp3) is 0.312. The first-order valence-corrected chi connectivity index (χ1v) is 8.82. The Labute approximate surface area is 132 Å². The van der Waals surface area contributed by atoms with E-state index in [1.165, 1.54) is 4.88 Å². The highest BCUT2D eigenvalue weighted by atomic mass is 32.2. The van der Waals surface area contributed by atoms with Gasteiger partial charge in [0.25, 0.3) is 5.91 Å². The van der Waals surface area contributed by atoms with Crippen molar-refractivity contribution in [1.82, 2.24) is 4.90 Å². The van der Waals surface area contributed by atoms with Crippen LogP contribution in [0.5, 0.6) is 0 Å². The summed E-state index contributed by atoms with van der Waals surface area (Å²) >= 11 is 3.43. The second-order valence-electron chi connectivity index (χ2n) is 5.06. The van der Waals surface area contributed by atoms with E-state index in [-0.39, 0.29) is 12.0 Å². The van der Waals surface area contributed by atoms with Crippen molar-refractivity contribution in [2.45, 2.75) is 23.2 Å². The number of rotatable bonds is 4. The van der Waals surface area contributed by atoms with Crippen LogP contribution in [0.2, 0.25) is 0 Å². The van der Waals surface area contributed by atoms with Crippen molar-refractivity contribution in [1.29, 1.82) is 0 Å². The van der Waals surface area contributed by atoms with Gasteiger partial charge >= 0.3 is 0 Å². The number of hydrogen-bond donors (Lipinski definition) is 1. The fourth-order valence-electron chi connectivity index (χ4n) is 2.41. The van der Waals surface area contributed by atoms with Crippen LogP contribution in [0.25, 0.3) is 0 Å². The Morgan fingerprint density at radius 2 is 2.19 bits per heavy atom. The average molecular weight is 319 g/mol. The van der Waals surface area contributed by atoms with Gasteiger partial charge in [0.05, 0.1) is 11.7 Å². The predicted octanol–water partition coefficient (Wildman–Crippen LogP) is 3.25. The molecule has 3 nitrogen and oxygen atoms in total. The zero-order chi connectivity index (χ0) is 14.7. The molecule has 5 heteroatoms. The molecule has 1 aliphatic heterocycles. The number of aliphatic hydroxyl groups is 1. The van der Waals surface area contributed by atoms with Crippen molar-refractivity contribution in [3.63, 3.8) is 0 Å². The number of carbonyl (C=O) groups is 1. The number of aliphatic hydroxyl groups excluding tert-OH is 1. The first kappa shape index (κ1) is 14.6. The van der Waals surface area contributed by atoms with E-state index in [2.05, 4.69) is 11.4 Å². The normalized spacial score (nSPS) is 18.1. The van der Waals surface area contributed by atoms with Gasteiger partial charge in [-0.05, 0) is 30.0 Å². The molecule has 1 fully saturated rings. The van der Waals surface area contributed by atoms with Crippen molar-refractivity contribution in [2.75, 3.05) is 13.1 Å². The molecule has 1 amide bonds. The molecule has 1 N–H and O–H groups in total. The lowest BCUT2D eigenvalue weighted by atomic mass is 10.2. The van der Waals surface area contributed by atoms with Gasteiger partial charge in [-0.2, -0.15) is 0 Å². The number of thioether (sulfide) groups is 1. The fourth-order valence-corrected chi connectivity index (χ4v) is 4.23. The largest absolute Gasteiger partial charge is 0.391 e. The molecule has 1 aromatic heterocycles. The molecule has 1 saturated heterocycles. The van der Waals surface area contributed by atoms with Gasteiger partial charge in [0.15, 0.2) is 0 Å². The second-order valence-corrected chi connectivity index (χ2v) is 7.11. The van der Waals surface area contributed by atoms with Gasteiger partial charge < -0.3 is 10.0 Å². The molecule has 2 aromatic rings. The van der Waals surface area contributed by atoms with Gasteiger partial charge in [0.2, 0.25) is 0 Å². The Kier molecular flexibility index (Phi) is 4.63. The Balaban J connectivity index is 1.74. The van der Waals surface area contributed by atoms with Crippen molar-refractivity contribution >= 4 is 29.0 Å². The molecule has 0 unspecified atom stereocenters. The molecule has 0 aliphatic carbocycles. The van der Waals surface area contributed by atoms with Crippen molar-refractivity contribution in [2.24, 2.45) is 0 Å². The summed E-state index contributed by atoms with van der Waals surface area (Å²) in [6, 6.07) is 11.9. The Hall–Kier alpha value is -1.30. The molecule has 1 aromatic carbocycles. The summed E-state index contributed by atoms with van der Waals surface area (Å²) < 4.78 is 0. The molecule has 1 aliphatic rings. The van der Waals surface area contributed by atoms with E-state index in [9.17, 15) is 9.90 Å². The molecule has 0 bridgehead atoms. The number of β-amino-alcohol motifs (C(OH)–C–C–N with tert-alkyl or cyclic N) is 1. The van der Waals surface area contributed by atoms with Crippen LogP contribution in [0, 0.1) is 0 Å².